The second-order valence-electron chi connectivity index (χ2n) is 6.46. The van der Waals surface area contributed by atoms with Gasteiger partial charge in [-0.25, -0.2) is 13.1 Å². The number of nitrogens with zero attached hydrogens (tertiary/aromatic N) is 1. The standard InChI is InChI=1S/C19H19F3N2O4S/c20-19(21,22)18(25)24-10-8-14-6-7-17(12-15(14)13-24)29(26,27)23-9-11-28-16-4-2-1-3-5-16/h1-7,12,23H,8-11,13H2. The summed E-state index contributed by atoms with van der Waals surface area (Å²) in [6.07, 6.45) is -4.72. The number of fused-ring (bicyclic) bond motifs is 1. The molecule has 0 saturated carbocycles. The molecular weight excluding hydrogens is 409 g/mol. The van der Waals surface area contributed by atoms with Crippen LogP contribution < -0.4 is 9.46 Å². The molecule has 2 aromatic rings. The fraction of sp³-hybridized carbons (Fsp3) is 0.316. The molecule has 0 spiro atoms. The zero-order valence-electron chi connectivity index (χ0n) is 15.3. The van der Waals surface area contributed by atoms with E-state index >= 15 is 0 Å². The molecular formula is C19H19F3N2O4S. The number of hydrogen-bond acceptors (Lipinski definition) is 4. The predicted octanol–water partition coefficient (Wildman–Crippen LogP) is 2.49. The van der Waals surface area contributed by atoms with Crippen LogP contribution >= 0.6 is 0 Å². The molecule has 3 rings (SSSR count). The summed E-state index contributed by atoms with van der Waals surface area (Å²) in [7, 11) is -3.87. The van der Waals surface area contributed by atoms with Crippen molar-refractivity contribution in [2.45, 2.75) is 24.0 Å². The first-order chi connectivity index (χ1) is 13.7. The summed E-state index contributed by atoms with van der Waals surface area (Å²) in [4.78, 5) is 12.1. The SMILES string of the molecule is O=C(N1CCc2ccc(S(=O)(=O)NCCOc3ccccc3)cc2C1)C(F)(F)F. The highest BCUT2D eigenvalue weighted by Crippen LogP contribution is 2.26. The summed E-state index contributed by atoms with van der Waals surface area (Å²) in [5.41, 5.74) is 1.11. The van der Waals surface area contributed by atoms with Crippen molar-refractivity contribution >= 4 is 15.9 Å². The highest BCUT2D eigenvalue weighted by Gasteiger charge is 2.43. The van der Waals surface area contributed by atoms with Crippen LogP contribution in [-0.2, 0) is 27.8 Å². The van der Waals surface area contributed by atoms with E-state index in [-0.39, 0.29) is 37.6 Å². The molecule has 6 nitrogen and oxygen atoms in total. The van der Waals surface area contributed by atoms with Crippen LogP contribution in [0, 0.1) is 0 Å². The van der Waals surface area contributed by atoms with Crippen molar-refractivity contribution in [3.63, 3.8) is 0 Å². The molecule has 0 atom stereocenters. The van der Waals surface area contributed by atoms with Crippen molar-refractivity contribution < 1.29 is 31.1 Å². The average molecular weight is 428 g/mol. The van der Waals surface area contributed by atoms with E-state index in [1.54, 1.807) is 30.3 Å². The third-order valence-corrected chi connectivity index (χ3v) is 5.89. The molecule has 10 heteroatoms. The van der Waals surface area contributed by atoms with Gasteiger partial charge in [0.15, 0.2) is 0 Å². The highest BCUT2D eigenvalue weighted by molar-refractivity contribution is 7.89. The van der Waals surface area contributed by atoms with Gasteiger partial charge in [-0.1, -0.05) is 24.3 Å². The Bertz CT molecular complexity index is 979. The molecule has 0 unspecified atom stereocenters. The zero-order valence-corrected chi connectivity index (χ0v) is 16.1. The number of amides is 1. The van der Waals surface area contributed by atoms with Crippen molar-refractivity contribution in [1.82, 2.24) is 9.62 Å². The lowest BCUT2D eigenvalue weighted by Crippen LogP contribution is -2.43. The minimum absolute atomic E-state index is 0.0208. The molecule has 0 aliphatic carbocycles. The van der Waals surface area contributed by atoms with Crippen molar-refractivity contribution in [2.75, 3.05) is 19.7 Å². The Morgan fingerprint density at radius 3 is 2.52 bits per heavy atom. The van der Waals surface area contributed by atoms with Crippen molar-refractivity contribution in [3.05, 3.63) is 59.7 Å². The van der Waals surface area contributed by atoms with Crippen LogP contribution in [0.4, 0.5) is 13.2 Å². The fourth-order valence-electron chi connectivity index (χ4n) is 3.00. The molecule has 0 bridgehead atoms. The van der Waals surface area contributed by atoms with Gasteiger partial charge in [0.2, 0.25) is 10.0 Å². The number of ether oxygens (including phenoxy) is 1. The molecule has 1 aliphatic rings. The number of hydrogen-bond donors (Lipinski definition) is 1. The molecule has 2 aromatic carbocycles. The molecule has 1 amide bonds. The van der Waals surface area contributed by atoms with Crippen LogP contribution in [0.25, 0.3) is 0 Å². The maximum Gasteiger partial charge on any atom is 0.471 e. The molecule has 1 heterocycles. The van der Waals surface area contributed by atoms with Gasteiger partial charge in [0.1, 0.15) is 12.4 Å². The molecule has 0 radical (unpaired) electrons. The number of para-hydroxylation sites is 1. The number of alkyl halides is 3. The molecule has 0 fully saturated rings. The number of benzene rings is 2. The normalized spacial score (nSPS) is 14.4. The first-order valence-corrected chi connectivity index (χ1v) is 10.3. The number of carbonyl (C=O) groups excluding carboxylic acids is 1. The van der Waals surface area contributed by atoms with Gasteiger partial charge in [-0.3, -0.25) is 4.79 Å². The van der Waals surface area contributed by atoms with Gasteiger partial charge in [-0.05, 0) is 41.8 Å². The first kappa shape index (κ1) is 21.1. The largest absolute Gasteiger partial charge is 0.492 e. The lowest BCUT2D eigenvalue weighted by atomic mass is 10.00. The molecule has 156 valence electrons. The quantitative estimate of drug-likeness (QED) is 0.718. The number of halogens is 3. The zero-order chi connectivity index (χ0) is 21.1. The average Bonchev–Trinajstić information content (AvgIpc) is 2.70. The lowest BCUT2D eigenvalue weighted by molar-refractivity contribution is -0.186. The van der Waals surface area contributed by atoms with E-state index in [4.69, 9.17) is 4.74 Å². The summed E-state index contributed by atoms with van der Waals surface area (Å²) >= 11 is 0. The molecule has 0 saturated heterocycles. The first-order valence-electron chi connectivity index (χ1n) is 8.82. The number of rotatable bonds is 6. The summed E-state index contributed by atoms with van der Waals surface area (Å²) in [6.45, 7) is -0.213. The van der Waals surface area contributed by atoms with E-state index in [0.717, 1.165) is 5.56 Å². The minimum atomic E-state index is -4.96. The summed E-state index contributed by atoms with van der Waals surface area (Å²) in [5.74, 6) is -1.32. The van der Waals surface area contributed by atoms with E-state index in [1.807, 2.05) is 6.07 Å². The van der Waals surface area contributed by atoms with Gasteiger partial charge < -0.3 is 9.64 Å². The van der Waals surface area contributed by atoms with Crippen molar-refractivity contribution in [2.24, 2.45) is 0 Å². The third kappa shape index (κ3) is 5.27. The minimum Gasteiger partial charge on any atom is -0.492 e. The topological polar surface area (TPSA) is 75.7 Å². The fourth-order valence-corrected chi connectivity index (χ4v) is 4.06. The predicted molar refractivity (Wildman–Crippen MR) is 98.7 cm³/mol. The Labute approximate surface area is 166 Å². The van der Waals surface area contributed by atoms with Gasteiger partial charge >= 0.3 is 12.1 Å². The Morgan fingerprint density at radius 1 is 1.10 bits per heavy atom. The van der Waals surface area contributed by atoms with E-state index in [0.29, 0.717) is 16.2 Å². The van der Waals surface area contributed by atoms with Gasteiger partial charge in [0, 0.05) is 19.6 Å². The van der Waals surface area contributed by atoms with Crippen molar-refractivity contribution in [1.29, 1.82) is 0 Å². The monoisotopic (exact) mass is 428 g/mol. The smallest absolute Gasteiger partial charge is 0.471 e. The van der Waals surface area contributed by atoms with E-state index in [9.17, 15) is 26.4 Å². The van der Waals surface area contributed by atoms with E-state index in [2.05, 4.69) is 4.72 Å². The Hall–Kier alpha value is -2.59. The molecule has 29 heavy (non-hydrogen) atoms. The Morgan fingerprint density at radius 2 is 1.83 bits per heavy atom. The Kier molecular flexibility index (Phi) is 6.13. The lowest BCUT2D eigenvalue weighted by Gasteiger charge is -2.29. The molecule has 0 aromatic heterocycles. The van der Waals surface area contributed by atoms with Crippen LogP contribution in [0.1, 0.15) is 11.1 Å². The second kappa shape index (κ2) is 8.42. The maximum absolute atomic E-state index is 12.7. The van der Waals surface area contributed by atoms with Gasteiger partial charge in [0.25, 0.3) is 0 Å². The van der Waals surface area contributed by atoms with Crippen LogP contribution in [0.2, 0.25) is 0 Å². The maximum atomic E-state index is 12.7. The second-order valence-corrected chi connectivity index (χ2v) is 8.23. The summed E-state index contributed by atoms with van der Waals surface area (Å²) in [6, 6.07) is 13.2. The highest BCUT2D eigenvalue weighted by atomic mass is 32.2. The Balaban J connectivity index is 1.64. The van der Waals surface area contributed by atoms with Gasteiger partial charge in [0.05, 0.1) is 4.90 Å². The summed E-state index contributed by atoms with van der Waals surface area (Å²) < 4.78 is 70.8. The molecule has 1 aliphatic heterocycles. The van der Waals surface area contributed by atoms with Crippen LogP contribution in [0.3, 0.4) is 0 Å². The molecule has 1 N–H and O–H groups in total. The third-order valence-electron chi connectivity index (χ3n) is 4.44. The summed E-state index contributed by atoms with van der Waals surface area (Å²) in [5, 5.41) is 0. The van der Waals surface area contributed by atoms with Gasteiger partial charge in [-0.2, -0.15) is 13.2 Å². The van der Waals surface area contributed by atoms with E-state index < -0.39 is 22.1 Å². The van der Waals surface area contributed by atoms with Crippen LogP contribution in [0.5, 0.6) is 5.75 Å². The van der Waals surface area contributed by atoms with Crippen LogP contribution in [-0.4, -0.2) is 45.1 Å². The number of nitrogens with one attached hydrogen (secondary N) is 1. The van der Waals surface area contributed by atoms with Crippen molar-refractivity contribution in [3.8, 4) is 5.75 Å². The van der Waals surface area contributed by atoms with E-state index in [1.165, 1.54) is 12.1 Å². The van der Waals surface area contributed by atoms with Gasteiger partial charge in [-0.15, -0.1) is 0 Å². The van der Waals surface area contributed by atoms with Crippen LogP contribution in [0.15, 0.2) is 53.4 Å². The number of sulfonamides is 1. The number of carbonyl (C=O) groups is 1.